The molecule has 1 heterocycles. The fourth-order valence-electron chi connectivity index (χ4n) is 0.637. The van der Waals surface area contributed by atoms with Crippen molar-refractivity contribution in [1.29, 1.82) is 5.26 Å². The summed E-state index contributed by atoms with van der Waals surface area (Å²) >= 11 is 5.67. The average molecular weight is 156 g/mol. The molecule has 4 heteroatoms. The standard InChI is InChI=1S/C6H6ClN3/c7-6-2-4-9-10(6)5-1-3-8/h2,4H,1,5H2. The fourth-order valence-corrected chi connectivity index (χ4v) is 0.821. The first-order chi connectivity index (χ1) is 4.84. The minimum atomic E-state index is 0.446. The second-order valence-corrected chi connectivity index (χ2v) is 2.17. The third-order valence-corrected chi connectivity index (χ3v) is 1.42. The van der Waals surface area contributed by atoms with Crippen molar-refractivity contribution in [2.45, 2.75) is 13.0 Å². The van der Waals surface area contributed by atoms with Gasteiger partial charge in [-0.05, 0) is 6.07 Å². The van der Waals surface area contributed by atoms with Crippen LogP contribution >= 0.6 is 11.6 Å². The molecule has 0 aliphatic rings. The highest BCUT2D eigenvalue weighted by Crippen LogP contribution is 2.05. The third kappa shape index (κ3) is 1.49. The summed E-state index contributed by atoms with van der Waals surface area (Å²) in [6, 6.07) is 3.71. The van der Waals surface area contributed by atoms with E-state index in [9.17, 15) is 0 Å². The molecule has 0 amide bonds. The molecule has 0 N–H and O–H groups in total. The molecule has 0 radical (unpaired) electrons. The molecule has 1 aromatic heterocycles. The van der Waals surface area contributed by atoms with E-state index in [4.69, 9.17) is 16.9 Å². The molecule has 52 valence electrons. The predicted molar refractivity (Wildman–Crippen MR) is 37.5 cm³/mol. The molecule has 0 spiro atoms. The van der Waals surface area contributed by atoms with E-state index >= 15 is 0 Å². The zero-order valence-electron chi connectivity index (χ0n) is 5.29. The maximum absolute atomic E-state index is 8.22. The Balaban J connectivity index is 2.59. The van der Waals surface area contributed by atoms with Gasteiger partial charge in [-0.2, -0.15) is 10.4 Å². The monoisotopic (exact) mass is 155 g/mol. The van der Waals surface area contributed by atoms with E-state index in [1.165, 1.54) is 0 Å². The van der Waals surface area contributed by atoms with Gasteiger partial charge in [0.25, 0.3) is 0 Å². The van der Waals surface area contributed by atoms with E-state index < -0.39 is 0 Å². The molecule has 1 aromatic rings. The van der Waals surface area contributed by atoms with E-state index in [1.807, 2.05) is 6.07 Å². The van der Waals surface area contributed by atoms with Crippen molar-refractivity contribution in [3.63, 3.8) is 0 Å². The molecule has 10 heavy (non-hydrogen) atoms. The molecule has 0 saturated carbocycles. The van der Waals surface area contributed by atoms with Gasteiger partial charge in [0.05, 0.1) is 25.2 Å². The van der Waals surface area contributed by atoms with Gasteiger partial charge in [-0.25, -0.2) is 0 Å². The molecule has 0 unspecified atom stereocenters. The largest absolute Gasteiger partial charge is 0.253 e. The van der Waals surface area contributed by atoms with Gasteiger partial charge in [-0.1, -0.05) is 11.6 Å². The number of aryl methyl sites for hydroxylation is 1. The van der Waals surface area contributed by atoms with Crippen molar-refractivity contribution < 1.29 is 0 Å². The molecule has 0 atom stereocenters. The Morgan fingerprint density at radius 1 is 1.80 bits per heavy atom. The fraction of sp³-hybridized carbons (Fsp3) is 0.333. The van der Waals surface area contributed by atoms with Gasteiger partial charge in [-0.3, -0.25) is 4.68 Å². The van der Waals surface area contributed by atoms with Crippen molar-refractivity contribution in [3.8, 4) is 6.07 Å². The summed E-state index contributed by atoms with van der Waals surface area (Å²) in [5, 5.41) is 12.7. The van der Waals surface area contributed by atoms with Crippen LogP contribution in [0.25, 0.3) is 0 Å². The molecule has 1 rings (SSSR count). The molecular formula is C6H6ClN3. The molecule has 0 aliphatic carbocycles. The predicted octanol–water partition coefficient (Wildman–Crippen LogP) is 1.45. The summed E-state index contributed by atoms with van der Waals surface area (Å²) in [7, 11) is 0. The molecule has 0 saturated heterocycles. The van der Waals surface area contributed by atoms with Gasteiger partial charge in [0.1, 0.15) is 5.15 Å². The van der Waals surface area contributed by atoms with Crippen molar-refractivity contribution >= 4 is 11.6 Å². The Labute approximate surface area is 63.8 Å². The van der Waals surface area contributed by atoms with Crippen LogP contribution in [0, 0.1) is 11.3 Å². The molecule has 0 aromatic carbocycles. The van der Waals surface area contributed by atoms with Crippen LogP contribution in [0.2, 0.25) is 5.15 Å². The van der Waals surface area contributed by atoms with Crippen LogP contribution in [0.1, 0.15) is 6.42 Å². The summed E-state index contributed by atoms with van der Waals surface area (Å²) < 4.78 is 1.59. The molecule has 3 nitrogen and oxygen atoms in total. The first-order valence-corrected chi connectivity index (χ1v) is 3.26. The second-order valence-electron chi connectivity index (χ2n) is 1.79. The highest BCUT2D eigenvalue weighted by Gasteiger charge is 1.95. The number of halogens is 1. The van der Waals surface area contributed by atoms with Gasteiger partial charge in [0.15, 0.2) is 0 Å². The maximum atomic E-state index is 8.22. The van der Waals surface area contributed by atoms with Crippen LogP contribution in [-0.2, 0) is 6.54 Å². The van der Waals surface area contributed by atoms with Gasteiger partial charge in [0, 0.05) is 0 Å². The summed E-state index contributed by atoms with van der Waals surface area (Å²) in [5.41, 5.74) is 0. The quantitative estimate of drug-likeness (QED) is 0.649. The summed E-state index contributed by atoms with van der Waals surface area (Å²) in [6.07, 6.45) is 2.06. The lowest BCUT2D eigenvalue weighted by Crippen LogP contribution is -1.98. The lowest BCUT2D eigenvalue weighted by atomic mass is 10.5. The third-order valence-electron chi connectivity index (χ3n) is 1.10. The van der Waals surface area contributed by atoms with E-state index in [0.717, 1.165) is 0 Å². The highest BCUT2D eigenvalue weighted by molar-refractivity contribution is 6.29. The van der Waals surface area contributed by atoms with Crippen LogP contribution in [0.5, 0.6) is 0 Å². The average Bonchev–Trinajstić information content (AvgIpc) is 2.31. The smallest absolute Gasteiger partial charge is 0.127 e. The van der Waals surface area contributed by atoms with Crippen LogP contribution < -0.4 is 0 Å². The van der Waals surface area contributed by atoms with E-state index in [2.05, 4.69) is 5.10 Å². The van der Waals surface area contributed by atoms with Crippen LogP contribution in [0.4, 0.5) is 0 Å². The Bertz CT molecular complexity index is 248. The summed E-state index contributed by atoms with van der Waals surface area (Å²) in [5.74, 6) is 0. The Morgan fingerprint density at radius 3 is 3.10 bits per heavy atom. The number of nitriles is 1. The van der Waals surface area contributed by atoms with Crippen LogP contribution in [-0.4, -0.2) is 9.78 Å². The minimum absolute atomic E-state index is 0.446. The maximum Gasteiger partial charge on any atom is 0.127 e. The molecular weight excluding hydrogens is 150 g/mol. The lowest BCUT2D eigenvalue weighted by molar-refractivity contribution is 0.628. The van der Waals surface area contributed by atoms with Gasteiger partial charge in [-0.15, -0.1) is 0 Å². The summed E-state index contributed by atoms with van der Waals surface area (Å²) in [4.78, 5) is 0. The van der Waals surface area contributed by atoms with E-state index in [0.29, 0.717) is 18.1 Å². The van der Waals surface area contributed by atoms with Crippen molar-refractivity contribution in [2.75, 3.05) is 0 Å². The zero-order valence-corrected chi connectivity index (χ0v) is 6.04. The second kappa shape index (κ2) is 3.23. The number of nitrogens with zero attached hydrogens (tertiary/aromatic N) is 3. The topological polar surface area (TPSA) is 41.6 Å². The van der Waals surface area contributed by atoms with Crippen LogP contribution in [0.3, 0.4) is 0 Å². The van der Waals surface area contributed by atoms with Crippen molar-refractivity contribution in [1.82, 2.24) is 9.78 Å². The first kappa shape index (κ1) is 7.10. The zero-order chi connectivity index (χ0) is 7.40. The van der Waals surface area contributed by atoms with E-state index in [-0.39, 0.29) is 0 Å². The highest BCUT2D eigenvalue weighted by atomic mass is 35.5. The Hall–Kier alpha value is -1.01. The number of rotatable bonds is 2. The Morgan fingerprint density at radius 2 is 2.60 bits per heavy atom. The Kier molecular flexibility index (Phi) is 2.30. The lowest BCUT2D eigenvalue weighted by Gasteiger charge is -1.95. The normalized spacial score (nSPS) is 9.20. The van der Waals surface area contributed by atoms with Crippen LogP contribution in [0.15, 0.2) is 12.3 Å². The summed E-state index contributed by atoms with van der Waals surface area (Å²) in [6.45, 7) is 0.572. The van der Waals surface area contributed by atoms with Crippen molar-refractivity contribution in [2.24, 2.45) is 0 Å². The number of hydrogen-bond acceptors (Lipinski definition) is 2. The number of aromatic nitrogens is 2. The molecule has 0 aliphatic heterocycles. The van der Waals surface area contributed by atoms with E-state index in [1.54, 1.807) is 16.9 Å². The number of hydrogen-bond donors (Lipinski definition) is 0. The minimum Gasteiger partial charge on any atom is -0.253 e. The first-order valence-electron chi connectivity index (χ1n) is 2.89. The van der Waals surface area contributed by atoms with Gasteiger partial charge in [0.2, 0.25) is 0 Å². The van der Waals surface area contributed by atoms with Gasteiger partial charge >= 0.3 is 0 Å². The van der Waals surface area contributed by atoms with Gasteiger partial charge < -0.3 is 0 Å². The SMILES string of the molecule is N#CCCn1nccc1Cl. The van der Waals surface area contributed by atoms with Crippen molar-refractivity contribution in [3.05, 3.63) is 17.4 Å². The molecule has 0 bridgehead atoms. The molecule has 0 fully saturated rings.